The Labute approximate surface area is 77.5 Å². The standard InChI is InChI=1S/C11H24O/c1-4-6-7-8-9-10-11(5-2)12-3/h11H,4-10H2,1-3H3. The summed E-state index contributed by atoms with van der Waals surface area (Å²) in [6.45, 7) is 4.45. The van der Waals surface area contributed by atoms with Gasteiger partial charge in [-0.25, -0.2) is 0 Å². The lowest BCUT2D eigenvalue weighted by atomic mass is 10.1. The number of unbranched alkanes of at least 4 members (excludes halogenated alkanes) is 4. The van der Waals surface area contributed by atoms with E-state index in [0.29, 0.717) is 6.10 Å². The molecule has 0 radical (unpaired) electrons. The van der Waals surface area contributed by atoms with Crippen LogP contribution in [0, 0.1) is 0 Å². The smallest absolute Gasteiger partial charge is 0.0568 e. The fourth-order valence-electron chi connectivity index (χ4n) is 1.46. The van der Waals surface area contributed by atoms with Crippen LogP contribution in [-0.4, -0.2) is 13.2 Å². The summed E-state index contributed by atoms with van der Waals surface area (Å²) in [6, 6.07) is 0. The van der Waals surface area contributed by atoms with Gasteiger partial charge in [-0.05, 0) is 12.8 Å². The van der Waals surface area contributed by atoms with E-state index in [2.05, 4.69) is 13.8 Å². The lowest BCUT2D eigenvalue weighted by molar-refractivity contribution is 0.0897. The molecule has 0 aromatic carbocycles. The van der Waals surface area contributed by atoms with Crippen molar-refractivity contribution in [3.8, 4) is 0 Å². The van der Waals surface area contributed by atoms with Crippen LogP contribution in [0.4, 0.5) is 0 Å². The van der Waals surface area contributed by atoms with Crippen molar-refractivity contribution < 1.29 is 4.74 Å². The Hall–Kier alpha value is -0.0400. The SMILES string of the molecule is CCCCCCCC(CC)OC. The van der Waals surface area contributed by atoms with E-state index in [1.54, 1.807) is 0 Å². The number of ether oxygens (including phenoxy) is 1. The molecule has 0 spiro atoms. The maximum Gasteiger partial charge on any atom is 0.0568 e. The zero-order chi connectivity index (χ0) is 9.23. The lowest BCUT2D eigenvalue weighted by Gasteiger charge is -2.11. The summed E-state index contributed by atoms with van der Waals surface area (Å²) in [5, 5.41) is 0. The molecule has 0 rings (SSSR count). The minimum Gasteiger partial charge on any atom is -0.381 e. The van der Waals surface area contributed by atoms with Gasteiger partial charge in [0.2, 0.25) is 0 Å². The Bertz CT molecular complexity index is 77.1. The van der Waals surface area contributed by atoms with E-state index in [-0.39, 0.29) is 0 Å². The van der Waals surface area contributed by atoms with Crippen molar-refractivity contribution in [2.24, 2.45) is 0 Å². The highest BCUT2D eigenvalue weighted by molar-refractivity contribution is 4.54. The number of rotatable bonds is 8. The van der Waals surface area contributed by atoms with Crippen LogP contribution >= 0.6 is 0 Å². The summed E-state index contributed by atoms with van der Waals surface area (Å²) in [6.07, 6.45) is 9.76. The molecule has 74 valence electrons. The third-order valence-electron chi connectivity index (χ3n) is 2.42. The van der Waals surface area contributed by atoms with Crippen LogP contribution in [-0.2, 0) is 4.74 Å². The second-order valence-electron chi connectivity index (χ2n) is 3.47. The van der Waals surface area contributed by atoms with Gasteiger partial charge in [-0.2, -0.15) is 0 Å². The van der Waals surface area contributed by atoms with E-state index in [9.17, 15) is 0 Å². The third kappa shape index (κ3) is 6.66. The third-order valence-corrected chi connectivity index (χ3v) is 2.42. The molecule has 1 atom stereocenters. The molecule has 1 unspecified atom stereocenters. The highest BCUT2D eigenvalue weighted by Crippen LogP contribution is 2.10. The topological polar surface area (TPSA) is 9.23 Å². The highest BCUT2D eigenvalue weighted by atomic mass is 16.5. The fourth-order valence-corrected chi connectivity index (χ4v) is 1.46. The van der Waals surface area contributed by atoms with E-state index >= 15 is 0 Å². The zero-order valence-corrected chi connectivity index (χ0v) is 8.94. The molecule has 0 N–H and O–H groups in total. The minimum atomic E-state index is 0.506. The average molecular weight is 172 g/mol. The van der Waals surface area contributed by atoms with Gasteiger partial charge in [-0.3, -0.25) is 0 Å². The zero-order valence-electron chi connectivity index (χ0n) is 8.94. The molecule has 0 saturated heterocycles. The molecule has 0 bridgehead atoms. The summed E-state index contributed by atoms with van der Waals surface area (Å²) in [7, 11) is 1.82. The van der Waals surface area contributed by atoms with Crippen LogP contribution in [0.25, 0.3) is 0 Å². The molecule has 0 aliphatic rings. The van der Waals surface area contributed by atoms with E-state index in [4.69, 9.17) is 4.74 Å². The van der Waals surface area contributed by atoms with Crippen molar-refractivity contribution in [1.82, 2.24) is 0 Å². The quantitative estimate of drug-likeness (QED) is 0.506. The van der Waals surface area contributed by atoms with Crippen molar-refractivity contribution >= 4 is 0 Å². The van der Waals surface area contributed by atoms with Crippen molar-refractivity contribution in [3.05, 3.63) is 0 Å². The Morgan fingerprint density at radius 1 is 1.00 bits per heavy atom. The van der Waals surface area contributed by atoms with Crippen LogP contribution in [0.15, 0.2) is 0 Å². The van der Waals surface area contributed by atoms with Gasteiger partial charge in [-0.15, -0.1) is 0 Å². The van der Waals surface area contributed by atoms with Gasteiger partial charge >= 0.3 is 0 Å². The Morgan fingerprint density at radius 2 is 1.67 bits per heavy atom. The van der Waals surface area contributed by atoms with Gasteiger partial charge in [0.05, 0.1) is 6.10 Å². The maximum absolute atomic E-state index is 5.31. The molecule has 0 saturated carbocycles. The first kappa shape index (κ1) is 12.0. The Kier molecular flexibility index (Phi) is 9.02. The Morgan fingerprint density at radius 3 is 2.17 bits per heavy atom. The molecule has 0 amide bonds. The predicted octanol–water partition coefficient (Wildman–Crippen LogP) is 3.77. The number of hydrogen-bond acceptors (Lipinski definition) is 1. The first-order chi connectivity index (χ1) is 5.85. The first-order valence-corrected chi connectivity index (χ1v) is 5.37. The summed E-state index contributed by atoms with van der Waals surface area (Å²) in [5.74, 6) is 0. The lowest BCUT2D eigenvalue weighted by Crippen LogP contribution is -2.08. The van der Waals surface area contributed by atoms with Crippen molar-refractivity contribution in [3.63, 3.8) is 0 Å². The predicted molar refractivity (Wildman–Crippen MR) is 54.5 cm³/mol. The molecule has 0 fully saturated rings. The van der Waals surface area contributed by atoms with Gasteiger partial charge in [0.1, 0.15) is 0 Å². The van der Waals surface area contributed by atoms with Crippen LogP contribution in [0.2, 0.25) is 0 Å². The van der Waals surface area contributed by atoms with Gasteiger partial charge < -0.3 is 4.74 Å². The van der Waals surface area contributed by atoms with Gasteiger partial charge in [0.25, 0.3) is 0 Å². The highest BCUT2D eigenvalue weighted by Gasteiger charge is 2.02. The average Bonchev–Trinajstić information content (AvgIpc) is 2.11. The van der Waals surface area contributed by atoms with Crippen molar-refractivity contribution in [2.75, 3.05) is 7.11 Å². The molecule has 1 heteroatoms. The van der Waals surface area contributed by atoms with E-state index < -0.39 is 0 Å². The largest absolute Gasteiger partial charge is 0.381 e. The summed E-state index contributed by atoms with van der Waals surface area (Å²) < 4.78 is 5.31. The van der Waals surface area contributed by atoms with Crippen LogP contribution < -0.4 is 0 Å². The molecular weight excluding hydrogens is 148 g/mol. The maximum atomic E-state index is 5.31. The second-order valence-corrected chi connectivity index (χ2v) is 3.47. The van der Waals surface area contributed by atoms with E-state index in [0.717, 1.165) is 6.42 Å². The molecule has 0 aliphatic carbocycles. The molecule has 1 nitrogen and oxygen atoms in total. The van der Waals surface area contributed by atoms with Crippen LogP contribution in [0.5, 0.6) is 0 Å². The van der Waals surface area contributed by atoms with Crippen molar-refractivity contribution in [2.45, 2.75) is 64.9 Å². The number of methoxy groups -OCH3 is 1. The summed E-state index contributed by atoms with van der Waals surface area (Å²) in [4.78, 5) is 0. The minimum absolute atomic E-state index is 0.506. The Balaban J connectivity index is 3.06. The van der Waals surface area contributed by atoms with E-state index in [1.165, 1.54) is 38.5 Å². The van der Waals surface area contributed by atoms with Gasteiger partial charge in [0, 0.05) is 7.11 Å². The van der Waals surface area contributed by atoms with Gasteiger partial charge in [-0.1, -0.05) is 46.0 Å². The number of hydrogen-bond donors (Lipinski definition) is 0. The summed E-state index contributed by atoms with van der Waals surface area (Å²) in [5.41, 5.74) is 0. The molecule has 0 aromatic rings. The molecule has 0 aromatic heterocycles. The first-order valence-electron chi connectivity index (χ1n) is 5.37. The van der Waals surface area contributed by atoms with Gasteiger partial charge in [0.15, 0.2) is 0 Å². The molecule has 0 heterocycles. The monoisotopic (exact) mass is 172 g/mol. The molecule has 0 aliphatic heterocycles. The molecule has 12 heavy (non-hydrogen) atoms. The van der Waals surface area contributed by atoms with E-state index in [1.807, 2.05) is 7.11 Å². The normalized spacial score (nSPS) is 13.2. The second kappa shape index (κ2) is 9.05. The fraction of sp³-hybridized carbons (Fsp3) is 1.00. The van der Waals surface area contributed by atoms with Crippen LogP contribution in [0.1, 0.15) is 58.8 Å². The van der Waals surface area contributed by atoms with Crippen LogP contribution in [0.3, 0.4) is 0 Å². The summed E-state index contributed by atoms with van der Waals surface area (Å²) >= 11 is 0. The van der Waals surface area contributed by atoms with Crippen molar-refractivity contribution in [1.29, 1.82) is 0 Å². The molecular formula is C11H24O.